The van der Waals surface area contributed by atoms with E-state index in [1.165, 1.54) is 5.56 Å². The van der Waals surface area contributed by atoms with Crippen molar-refractivity contribution in [3.05, 3.63) is 46.2 Å². The zero-order valence-electron chi connectivity index (χ0n) is 11.6. The molecule has 1 amide bonds. The van der Waals surface area contributed by atoms with Crippen LogP contribution in [0.1, 0.15) is 28.7 Å². The van der Waals surface area contributed by atoms with Gasteiger partial charge >= 0.3 is 0 Å². The lowest BCUT2D eigenvalue weighted by molar-refractivity contribution is 0.0979. The first-order valence-corrected chi connectivity index (χ1v) is 7.12. The van der Waals surface area contributed by atoms with E-state index in [4.69, 9.17) is 11.6 Å². The number of carbonyl (C=O) groups excluding carboxylic acids is 1. The molecule has 0 radical (unpaired) electrons. The summed E-state index contributed by atoms with van der Waals surface area (Å²) in [5.74, 6) is -0.00605. The van der Waals surface area contributed by atoms with E-state index < -0.39 is 0 Å². The van der Waals surface area contributed by atoms with Crippen LogP contribution in [0.4, 0.5) is 5.69 Å². The highest BCUT2D eigenvalue weighted by atomic mass is 35.5. The number of aromatic nitrogens is 2. The number of rotatable bonds is 2. The van der Waals surface area contributed by atoms with Gasteiger partial charge in [-0.1, -0.05) is 17.7 Å². The van der Waals surface area contributed by atoms with Crippen molar-refractivity contribution in [3.63, 3.8) is 0 Å². The molecule has 0 saturated carbocycles. The first kappa shape index (κ1) is 13.2. The lowest BCUT2D eigenvalue weighted by Gasteiger charge is -2.17. The Morgan fingerprint density at radius 2 is 2.20 bits per heavy atom. The van der Waals surface area contributed by atoms with E-state index in [1.807, 2.05) is 38.1 Å². The summed E-state index contributed by atoms with van der Waals surface area (Å²) >= 11 is 6.05. The summed E-state index contributed by atoms with van der Waals surface area (Å²) < 4.78 is 1.75. The Balaban J connectivity index is 1.99. The van der Waals surface area contributed by atoms with Crippen LogP contribution in [0.15, 0.2) is 24.3 Å². The fourth-order valence-corrected chi connectivity index (χ4v) is 2.83. The smallest absolute Gasteiger partial charge is 0.276 e. The maximum absolute atomic E-state index is 12.7. The highest BCUT2D eigenvalue weighted by Crippen LogP contribution is 2.31. The molecule has 1 aromatic heterocycles. The van der Waals surface area contributed by atoms with E-state index in [2.05, 4.69) is 5.10 Å². The van der Waals surface area contributed by atoms with Crippen LogP contribution in [0, 0.1) is 6.92 Å². The molecule has 0 atom stereocenters. The van der Waals surface area contributed by atoms with Gasteiger partial charge in [0.15, 0.2) is 0 Å². The number of halogens is 1. The summed E-state index contributed by atoms with van der Waals surface area (Å²) in [4.78, 5) is 14.5. The van der Waals surface area contributed by atoms with Gasteiger partial charge in [0.25, 0.3) is 5.91 Å². The highest BCUT2D eigenvalue weighted by molar-refractivity contribution is 6.31. The van der Waals surface area contributed by atoms with Crippen molar-refractivity contribution in [2.45, 2.75) is 26.8 Å². The van der Waals surface area contributed by atoms with Gasteiger partial charge in [-0.05, 0) is 44.0 Å². The third kappa shape index (κ3) is 2.10. The lowest BCUT2D eigenvalue weighted by atomic mass is 10.2. The van der Waals surface area contributed by atoms with Gasteiger partial charge in [-0.3, -0.25) is 9.48 Å². The van der Waals surface area contributed by atoms with E-state index in [9.17, 15) is 4.79 Å². The predicted octanol–water partition coefficient (Wildman–Crippen LogP) is 3.07. The second-order valence-corrected chi connectivity index (χ2v) is 5.40. The minimum atomic E-state index is -0.00605. The van der Waals surface area contributed by atoms with E-state index in [0.717, 1.165) is 17.8 Å². The van der Waals surface area contributed by atoms with Crippen LogP contribution in [-0.2, 0) is 13.0 Å². The third-order valence-corrected chi connectivity index (χ3v) is 3.84. The van der Waals surface area contributed by atoms with Crippen molar-refractivity contribution in [1.82, 2.24) is 9.78 Å². The number of aryl methyl sites for hydroxylation is 2. The Morgan fingerprint density at radius 1 is 1.40 bits per heavy atom. The van der Waals surface area contributed by atoms with Gasteiger partial charge in [-0.2, -0.15) is 5.10 Å². The number of fused-ring (bicyclic) bond motifs is 1. The van der Waals surface area contributed by atoms with Crippen molar-refractivity contribution in [2.24, 2.45) is 0 Å². The molecular weight excluding hydrogens is 274 g/mol. The summed E-state index contributed by atoms with van der Waals surface area (Å²) in [6.45, 7) is 5.27. The molecule has 0 aliphatic carbocycles. The van der Waals surface area contributed by atoms with Crippen molar-refractivity contribution in [3.8, 4) is 0 Å². The molecule has 5 heteroatoms. The number of amides is 1. The van der Waals surface area contributed by atoms with Gasteiger partial charge in [0.05, 0.1) is 5.69 Å². The number of carbonyl (C=O) groups is 1. The molecule has 104 valence electrons. The third-order valence-electron chi connectivity index (χ3n) is 3.61. The maximum Gasteiger partial charge on any atom is 0.276 e. The summed E-state index contributed by atoms with van der Waals surface area (Å²) in [5.41, 5.74) is 3.59. The molecule has 0 saturated heterocycles. The fraction of sp³-hybridized carbons (Fsp3) is 0.333. The summed E-state index contributed by atoms with van der Waals surface area (Å²) in [6.07, 6.45) is 0.873. The van der Waals surface area contributed by atoms with Crippen LogP contribution in [0.5, 0.6) is 0 Å². The lowest BCUT2D eigenvalue weighted by Crippen LogP contribution is -2.30. The molecular formula is C15H16ClN3O. The summed E-state index contributed by atoms with van der Waals surface area (Å²) in [5, 5.41) is 4.99. The molecule has 0 spiro atoms. The molecule has 2 heterocycles. The van der Waals surface area contributed by atoms with Crippen LogP contribution in [-0.4, -0.2) is 22.2 Å². The standard InChI is InChI=1S/C15H16ClN3O/c1-3-19-14(8-10(2)17-19)15(20)18-7-6-11-4-5-12(16)9-13(11)18/h4-5,8-9H,3,6-7H2,1-2H3. The van der Waals surface area contributed by atoms with Crippen molar-refractivity contribution < 1.29 is 4.79 Å². The largest absolute Gasteiger partial charge is 0.306 e. The van der Waals surface area contributed by atoms with Gasteiger partial charge in [-0.15, -0.1) is 0 Å². The predicted molar refractivity (Wildman–Crippen MR) is 79.5 cm³/mol. The molecule has 4 nitrogen and oxygen atoms in total. The van der Waals surface area contributed by atoms with Crippen LogP contribution < -0.4 is 4.90 Å². The molecule has 3 rings (SSSR count). The Morgan fingerprint density at radius 3 is 2.95 bits per heavy atom. The first-order chi connectivity index (χ1) is 9.60. The van der Waals surface area contributed by atoms with Crippen LogP contribution in [0.25, 0.3) is 0 Å². The molecule has 2 aromatic rings. The second kappa shape index (κ2) is 4.94. The van der Waals surface area contributed by atoms with Gasteiger partial charge in [0.2, 0.25) is 0 Å². The number of hydrogen-bond acceptors (Lipinski definition) is 2. The number of nitrogens with zero attached hydrogens (tertiary/aromatic N) is 3. The molecule has 0 bridgehead atoms. The molecule has 0 N–H and O–H groups in total. The van der Waals surface area contributed by atoms with E-state index in [-0.39, 0.29) is 5.91 Å². The zero-order valence-corrected chi connectivity index (χ0v) is 12.3. The number of hydrogen-bond donors (Lipinski definition) is 0. The minimum Gasteiger partial charge on any atom is -0.306 e. The Hall–Kier alpha value is -1.81. The topological polar surface area (TPSA) is 38.1 Å². The average molecular weight is 290 g/mol. The van der Waals surface area contributed by atoms with Gasteiger partial charge in [-0.25, -0.2) is 0 Å². The van der Waals surface area contributed by atoms with Gasteiger partial charge in [0, 0.05) is 23.8 Å². The average Bonchev–Trinajstić information content (AvgIpc) is 3.00. The highest BCUT2D eigenvalue weighted by Gasteiger charge is 2.27. The van der Waals surface area contributed by atoms with Crippen LogP contribution >= 0.6 is 11.6 Å². The number of anilines is 1. The van der Waals surface area contributed by atoms with E-state index in [1.54, 1.807) is 9.58 Å². The van der Waals surface area contributed by atoms with Gasteiger partial charge < -0.3 is 4.90 Å². The van der Waals surface area contributed by atoms with Crippen molar-refractivity contribution in [1.29, 1.82) is 0 Å². The molecule has 0 unspecified atom stereocenters. The normalized spacial score (nSPS) is 13.7. The zero-order chi connectivity index (χ0) is 14.3. The molecule has 1 aliphatic heterocycles. The molecule has 1 aliphatic rings. The van der Waals surface area contributed by atoms with Crippen molar-refractivity contribution >= 4 is 23.2 Å². The molecule has 1 aromatic carbocycles. The van der Waals surface area contributed by atoms with E-state index >= 15 is 0 Å². The Labute approximate surface area is 123 Å². The van der Waals surface area contributed by atoms with E-state index in [0.29, 0.717) is 23.8 Å². The fourth-order valence-electron chi connectivity index (χ4n) is 2.66. The SMILES string of the molecule is CCn1nc(C)cc1C(=O)N1CCc2ccc(Cl)cc21. The molecule has 20 heavy (non-hydrogen) atoms. The second-order valence-electron chi connectivity index (χ2n) is 4.97. The van der Waals surface area contributed by atoms with Crippen LogP contribution in [0.2, 0.25) is 5.02 Å². The van der Waals surface area contributed by atoms with Gasteiger partial charge in [0.1, 0.15) is 5.69 Å². The quantitative estimate of drug-likeness (QED) is 0.852. The van der Waals surface area contributed by atoms with Crippen molar-refractivity contribution in [2.75, 3.05) is 11.4 Å². The van der Waals surface area contributed by atoms with Crippen LogP contribution in [0.3, 0.4) is 0 Å². The number of benzene rings is 1. The monoisotopic (exact) mass is 289 g/mol. The molecule has 0 fully saturated rings. The summed E-state index contributed by atoms with van der Waals surface area (Å²) in [7, 11) is 0. The Kier molecular flexibility index (Phi) is 3.26. The first-order valence-electron chi connectivity index (χ1n) is 6.75. The Bertz CT molecular complexity index is 678. The minimum absolute atomic E-state index is 0.00605. The maximum atomic E-state index is 12.7. The summed E-state index contributed by atoms with van der Waals surface area (Å²) in [6, 6.07) is 7.57.